The molecule has 1 aliphatic rings. The quantitative estimate of drug-likeness (QED) is 0.154. The van der Waals surface area contributed by atoms with E-state index < -0.39 is 33.6 Å². The first-order valence-electron chi connectivity index (χ1n) is 15.7. The number of rotatable bonds is 14. The van der Waals surface area contributed by atoms with E-state index in [4.69, 9.17) is 4.74 Å². The summed E-state index contributed by atoms with van der Waals surface area (Å²) >= 11 is 0. The summed E-state index contributed by atoms with van der Waals surface area (Å²) < 4.78 is 60.3. The standard InChI is InChI=1S/C33H42F2N6O5S.ClH/c1-4-6-7-29(38-33(43)39-30-18-26(32(42)36-3)27(34)19-28(30)35)23-14-16-41(17-15-23)21-22-8-13-31(37-20-22)46-25-11-9-24(10-12-25)40-47(44,45)5-2;/h8-13,18-20,23,29,40H,4-7,14-17,21H2,1-3H3,(H,36,42)(H2,38,39,43);1H. The van der Waals surface area contributed by atoms with Gasteiger partial charge in [0.2, 0.25) is 15.9 Å². The van der Waals surface area contributed by atoms with Crippen molar-refractivity contribution < 1.29 is 31.5 Å². The molecule has 0 aliphatic carbocycles. The number of nitrogens with zero attached hydrogens (tertiary/aromatic N) is 2. The highest BCUT2D eigenvalue weighted by atomic mass is 35.5. The fraction of sp³-hybridized carbons (Fsp3) is 0.424. The van der Waals surface area contributed by atoms with Crippen molar-refractivity contribution in [2.45, 2.75) is 58.5 Å². The lowest BCUT2D eigenvalue weighted by atomic mass is 9.86. The maximum Gasteiger partial charge on any atom is 0.319 e. The lowest BCUT2D eigenvalue weighted by Gasteiger charge is -2.36. The Labute approximate surface area is 286 Å². The molecule has 4 rings (SSSR count). The summed E-state index contributed by atoms with van der Waals surface area (Å²) in [5.74, 6) is -1.53. The molecule has 1 fully saturated rings. The molecule has 15 heteroatoms. The van der Waals surface area contributed by atoms with Gasteiger partial charge in [-0.1, -0.05) is 25.8 Å². The monoisotopic (exact) mass is 708 g/mol. The molecule has 4 N–H and O–H groups in total. The van der Waals surface area contributed by atoms with Gasteiger partial charge in [0, 0.05) is 43.7 Å². The summed E-state index contributed by atoms with van der Waals surface area (Å²) in [4.78, 5) is 31.6. The van der Waals surface area contributed by atoms with Crippen LogP contribution in [0.3, 0.4) is 0 Å². The number of piperidine rings is 1. The number of anilines is 2. The second-order valence-electron chi connectivity index (χ2n) is 11.5. The number of pyridine rings is 1. The second-order valence-corrected chi connectivity index (χ2v) is 13.5. The van der Waals surface area contributed by atoms with Gasteiger partial charge in [0.1, 0.15) is 17.4 Å². The van der Waals surface area contributed by atoms with Gasteiger partial charge in [0.05, 0.1) is 17.0 Å². The maximum absolute atomic E-state index is 14.4. The number of halogens is 3. The Bertz CT molecular complexity index is 1620. The highest BCUT2D eigenvalue weighted by Gasteiger charge is 2.28. The Hall–Kier alpha value is -4.01. The minimum Gasteiger partial charge on any atom is -0.439 e. The minimum absolute atomic E-state index is 0. The first-order valence-corrected chi connectivity index (χ1v) is 17.4. The third-order valence-corrected chi connectivity index (χ3v) is 9.40. The van der Waals surface area contributed by atoms with Crippen molar-refractivity contribution in [3.8, 4) is 11.6 Å². The smallest absolute Gasteiger partial charge is 0.319 e. The molecular weight excluding hydrogens is 666 g/mol. The van der Waals surface area contributed by atoms with Gasteiger partial charge in [-0.15, -0.1) is 12.4 Å². The highest BCUT2D eigenvalue weighted by molar-refractivity contribution is 7.92. The van der Waals surface area contributed by atoms with Crippen LogP contribution in [0.1, 0.15) is 61.9 Å². The Morgan fingerprint density at radius 3 is 2.35 bits per heavy atom. The molecule has 2 heterocycles. The van der Waals surface area contributed by atoms with Crippen LogP contribution < -0.4 is 25.4 Å². The molecule has 1 unspecified atom stereocenters. The molecule has 262 valence electrons. The van der Waals surface area contributed by atoms with E-state index in [0.29, 0.717) is 29.9 Å². The number of unbranched alkanes of at least 4 members (excludes halogenated alkanes) is 1. The predicted octanol–water partition coefficient (Wildman–Crippen LogP) is 6.29. The predicted molar refractivity (Wildman–Crippen MR) is 184 cm³/mol. The molecule has 1 aromatic heterocycles. The van der Waals surface area contributed by atoms with Crippen LogP contribution >= 0.6 is 12.4 Å². The number of benzene rings is 2. The van der Waals surface area contributed by atoms with Crippen molar-refractivity contribution in [2.24, 2.45) is 5.92 Å². The molecule has 3 aromatic rings. The number of urea groups is 1. The van der Waals surface area contributed by atoms with Crippen LogP contribution in [0.4, 0.5) is 25.0 Å². The number of likely N-dealkylation sites (tertiary alicyclic amines) is 1. The van der Waals surface area contributed by atoms with Crippen LogP contribution in [0.5, 0.6) is 11.6 Å². The Balaban J connectivity index is 0.00000625. The summed E-state index contributed by atoms with van der Waals surface area (Å²) in [5.41, 5.74) is 0.854. The molecule has 2 aromatic carbocycles. The molecule has 48 heavy (non-hydrogen) atoms. The minimum atomic E-state index is -3.35. The Morgan fingerprint density at radius 2 is 1.75 bits per heavy atom. The highest BCUT2D eigenvalue weighted by Crippen LogP contribution is 2.27. The van der Waals surface area contributed by atoms with Crippen molar-refractivity contribution in [2.75, 3.05) is 35.9 Å². The summed E-state index contributed by atoms with van der Waals surface area (Å²) in [6.45, 7) is 6.00. The SMILES string of the molecule is CCCCC(NC(=O)Nc1cc(C(=O)NC)c(F)cc1F)C1CCN(Cc2ccc(Oc3ccc(NS(=O)(=O)CC)cc3)nc2)CC1.Cl. The topological polar surface area (TPSA) is 142 Å². The first kappa shape index (κ1) is 38.4. The van der Waals surface area contributed by atoms with Crippen molar-refractivity contribution >= 4 is 45.7 Å². The van der Waals surface area contributed by atoms with E-state index in [1.54, 1.807) is 43.5 Å². The van der Waals surface area contributed by atoms with Crippen LogP contribution in [0.15, 0.2) is 54.7 Å². The zero-order valence-corrected chi connectivity index (χ0v) is 28.9. The van der Waals surface area contributed by atoms with Gasteiger partial charge in [-0.2, -0.15) is 0 Å². The molecule has 0 radical (unpaired) electrons. The number of aromatic nitrogens is 1. The number of nitrogens with one attached hydrogen (secondary N) is 4. The summed E-state index contributed by atoms with van der Waals surface area (Å²) in [6, 6.07) is 11.2. The van der Waals surface area contributed by atoms with Gasteiger partial charge in [-0.3, -0.25) is 14.4 Å². The Kier molecular flexibility index (Phi) is 14.4. The summed E-state index contributed by atoms with van der Waals surface area (Å²) in [5, 5.41) is 7.75. The number of carbonyl (C=O) groups is 2. The number of hydrogen-bond acceptors (Lipinski definition) is 7. The largest absolute Gasteiger partial charge is 0.439 e. The van der Waals surface area contributed by atoms with E-state index in [1.165, 1.54) is 7.05 Å². The van der Waals surface area contributed by atoms with E-state index in [2.05, 4.69) is 37.5 Å². The van der Waals surface area contributed by atoms with Crippen molar-refractivity contribution in [1.82, 2.24) is 20.5 Å². The van der Waals surface area contributed by atoms with Crippen LogP contribution in [0.25, 0.3) is 0 Å². The molecule has 0 bridgehead atoms. The first-order chi connectivity index (χ1) is 22.5. The number of amides is 3. The molecule has 3 amide bonds. The van der Waals surface area contributed by atoms with Crippen LogP contribution in [-0.2, 0) is 16.6 Å². The van der Waals surface area contributed by atoms with E-state index in [1.807, 2.05) is 6.07 Å². The third kappa shape index (κ3) is 11.0. The van der Waals surface area contributed by atoms with Crippen molar-refractivity contribution in [1.29, 1.82) is 0 Å². The van der Waals surface area contributed by atoms with E-state index >= 15 is 0 Å². The summed E-state index contributed by atoms with van der Waals surface area (Å²) in [6.07, 6.45) is 6.13. The molecule has 0 saturated carbocycles. The van der Waals surface area contributed by atoms with Gasteiger partial charge in [-0.05, 0) is 81.1 Å². The maximum atomic E-state index is 14.4. The van der Waals surface area contributed by atoms with Crippen LogP contribution in [0, 0.1) is 17.6 Å². The van der Waals surface area contributed by atoms with Crippen molar-refractivity contribution in [3.05, 3.63) is 77.5 Å². The molecule has 0 spiro atoms. The van der Waals surface area contributed by atoms with E-state index in [9.17, 15) is 26.8 Å². The third-order valence-electron chi connectivity index (χ3n) is 8.10. The lowest BCUT2D eigenvalue weighted by molar-refractivity contribution is 0.0959. The fourth-order valence-electron chi connectivity index (χ4n) is 5.43. The molecule has 1 saturated heterocycles. The van der Waals surface area contributed by atoms with Gasteiger partial charge in [0.15, 0.2) is 0 Å². The molecule has 11 nitrogen and oxygen atoms in total. The zero-order chi connectivity index (χ0) is 34.0. The Morgan fingerprint density at radius 1 is 1.04 bits per heavy atom. The van der Waals surface area contributed by atoms with Crippen LogP contribution in [0.2, 0.25) is 0 Å². The van der Waals surface area contributed by atoms with Gasteiger partial charge in [-0.25, -0.2) is 27.0 Å². The molecule has 1 aliphatic heterocycles. The van der Waals surface area contributed by atoms with Gasteiger partial charge < -0.3 is 20.7 Å². The lowest BCUT2D eigenvalue weighted by Crippen LogP contribution is -2.46. The van der Waals surface area contributed by atoms with E-state index in [-0.39, 0.29) is 41.4 Å². The molecular formula is C33H43ClF2N6O5S. The number of ether oxygens (including phenoxy) is 1. The van der Waals surface area contributed by atoms with Crippen LogP contribution in [-0.4, -0.2) is 62.2 Å². The number of carbonyl (C=O) groups excluding carboxylic acids is 2. The normalized spacial score (nSPS) is 14.4. The number of sulfonamides is 1. The summed E-state index contributed by atoms with van der Waals surface area (Å²) in [7, 11) is -2.01. The second kappa shape index (κ2) is 17.9. The van der Waals surface area contributed by atoms with Gasteiger partial charge in [0.25, 0.3) is 5.91 Å². The molecule has 1 atom stereocenters. The average Bonchev–Trinajstić information content (AvgIpc) is 3.06. The van der Waals surface area contributed by atoms with Gasteiger partial charge >= 0.3 is 6.03 Å². The van der Waals surface area contributed by atoms with Crippen molar-refractivity contribution in [3.63, 3.8) is 0 Å². The zero-order valence-electron chi connectivity index (χ0n) is 27.2. The number of hydrogen-bond donors (Lipinski definition) is 4. The van der Waals surface area contributed by atoms with E-state index in [0.717, 1.165) is 56.8 Å². The fourth-order valence-corrected chi connectivity index (χ4v) is 6.07. The average molecular weight is 709 g/mol.